The number of carbonyl (C=O) groups excluding carboxylic acids is 1. The molecular formula is C18H20N4O2S. The first-order valence-corrected chi connectivity index (χ1v) is 9.19. The van der Waals surface area contributed by atoms with Gasteiger partial charge in [0.15, 0.2) is 0 Å². The maximum absolute atomic E-state index is 12.2. The minimum absolute atomic E-state index is 0.0844. The zero-order valence-electron chi connectivity index (χ0n) is 14.1. The van der Waals surface area contributed by atoms with E-state index in [1.54, 1.807) is 0 Å². The van der Waals surface area contributed by atoms with Gasteiger partial charge in [-0.25, -0.2) is 4.98 Å². The maximum Gasteiger partial charge on any atom is 0.265 e. The van der Waals surface area contributed by atoms with Crippen molar-refractivity contribution in [3.05, 3.63) is 46.4 Å². The molecule has 0 saturated carbocycles. The molecule has 25 heavy (non-hydrogen) atoms. The summed E-state index contributed by atoms with van der Waals surface area (Å²) in [4.78, 5) is 20.0. The highest BCUT2D eigenvalue weighted by Crippen LogP contribution is 2.21. The number of benzene rings is 1. The Morgan fingerprint density at radius 3 is 2.92 bits per heavy atom. The highest BCUT2D eigenvalue weighted by Gasteiger charge is 2.16. The van der Waals surface area contributed by atoms with Crippen LogP contribution in [0.25, 0.3) is 11.0 Å². The molecule has 0 atom stereocenters. The van der Waals surface area contributed by atoms with Gasteiger partial charge in [-0.3, -0.25) is 9.69 Å². The van der Waals surface area contributed by atoms with Crippen LogP contribution < -0.4 is 5.32 Å². The normalized spacial score (nSPS) is 15.6. The standard InChI is InChI=1S/C18H20N4O2S/c1-21-15-5-4-13(19-18(23)16-3-2-10-25-16)11-14(15)20-17(21)12-22-6-8-24-9-7-22/h2-5,10-11H,6-9,12H2,1H3,(H,19,23). The maximum atomic E-state index is 12.2. The van der Waals surface area contributed by atoms with Gasteiger partial charge in [-0.15, -0.1) is 11.3 Å². The molecule has 1 aliphatic rings. The summed E-state index contributed by atoms with van der Waals surface area (Å²) in [7, 11) is 2.04. The van der Waals surface area contributed by atoms with Crippen molar-refractivity contribution in [2.24, 2.45) is 7.05 Å². The molecule has 6 nitrogen and oxygen atoms in total. The number of ether oxygens (including phenoxy) is 1. The van der Waals surface area contributed by atoms with Crippen LogP contribution in [0.2, 0.25) is 0 Å². The highest BCUT2D eigenvalue weighted by atomic mass is 32.1. The summed E-state index contributed by atoms with van der Waals surface area (Å²) >= 11 is 1.43. The molecule has 1 fully saturated rings. The molecule has 7 heteroatoms. The summed E-state index contributed by atoms with van der Waals surface area (Å²) in [6, 6.07) is 9.56. The van der Waals surface area contributed by atoms with Crippen LogP contribution in [0.15, 0.2) is 35.7 Å². The lowest BCUT2D eigenvalue weighted by atomic mass is 10.2. The van der Waals surface area contributed by atoms with Gasteiger partial charge in [-0.2, -0.15) is 0 Å². The van der Waals surface area contributed by atoms with Crippen LogP contribution in [-0.2, 0) is 18.3 Å². The predicted octanol–water partition coefficient (Wildman–Crippen LogP) is 2.72. The summed E-state index contributed by atoms with van der Waals surface area (Å²) in [5.41, 5.74) is 2.73. The van der Waals surface area contributed by atoms with E-state index in [0.29, 0.717) is 4.88 Å². The second-order valence-electron chi connectivity index (χ2n) is 6.11. The number of amides is 1. The summed E-state index contributed by atoms with van der Waals surface area (Å²) in [5.74, 6) is 0.942. The zero-order chi connectivity index (χ0) is 17.2. The first-order chi connectivity index (χ1) is 12.2. The summed E-state index contributed by atoms with van der Waals surface area (Å²) in [6.45, 7) is 4.24. The van der Waals surface area contributed by atoms with Crippen LogP contribution >= 0.6 is 11.3 Å². The van der Waals surface area contributed by atoms with Crippen molar-refractivity contribution in [1.82, 2.24) is 14.5 Å². The number of aromatic nitrogens is 2. The minimum Gasteiger partial charge on any atom is -0.379 e. The van der Waals surface area contributed by atoms with E-state index in [2.05, 4.69) is 14.8 Å². The van der Waals surface area contributed by atoms with Gasteiger partial charge in [0, 0.05) is 25.8 Å². The monoisotopic (exact) mass is 356 g/mol. The van der Waals surface area contributed by atoms with Crippen molar-refractivity contribution in [3.8, 4) is 0 Å². The number of fused-ring (bicyclic) bond motifs is 1. The molecule has 0 bridgehead atoms. The Labute approximate surface area is 150 Å². The third-order valence-corrected chi connectivity index (χ3v) is 5.31. The van der Waals surface area contributed by atoms with Crippen LogP contribution in [-0.4, -0.2) is 46.7 Å². The fraction of sp³-hybridized carbons (Fsp3) is 0.333. The number of hydrogen-bond donors (Lipinski definition) is 1. The topological polar surface area (TPSA) is 59.4 Å². The Balaban J connectivity index is 1.55. The van der Waals surface area contributed by atoms with Crippen molar-refractivity contribution in [1.29, 1.82) is 0 Å². The molecule has 0 unspecified atom stereocenters. The van der Waals surface area contributed by atoms with Crippen molar-refractivity contribution < 1.29 is 9.53 Å². The number of anilines is 1. The Morgan fingerprint density at radius 1 is 1.32 bits per heavy atom. The van der Waals surface area contributed by atoms with E-state index in [4.69, 9.17) is 9.72 Å². The Morgan fingerprint density at radius 2 is 2.16 bits per heavy atom. The van der Waals surface area contributed by atoms with E-state index in [1.807, 2.05) is 42.8 Å². The van der Waals surface area contributed by atoms with Crippen LogP contribution in [0.1, 0.15) is 15.5 Å². The Kier molecular flexibility index (Phi) is 4.52. The summed E-state index contributed by atoms with van der Waals surface area (Å²) < 4.78 is 7.52. The van der Waals surface area contributed by atoms with Gasteiger partial charge in [0.25, 0.3) is 5.91 Å². The second kappa shape index (κ2) is 6.95. The first-order valence-electron chi connectivity index (χ1n) is 8.31. The van der Waals surface area contributed by atoms with Crippen molar-refractivity contribution in [2.45, 2.75) is 6.54 Å². The molecule has 1 saturated heterocycles. The SMILES string of the molecule is Cn1c(CN2CCOCC2)nc2cc(NC(=O)c3cccs3)ccc21. The number of rotatable bonds is 4. The fourth-order valence-corrected chi connectivity index (χ4v) is 3.65. The lowest BCUT2D eigenvalue weighted by Crippen LogP contribution is -2.36. The van der Waals surface area contributed by atoms with E-state index in [-0.39, 0.29) is 5.91 Å². The predicted molar refractivity (Wildman–Crippen MR) is 99.1 cm³/mol. The molecule has 2 aromatic heterocycles. The quantitative estimate of drug-likeness (QED) is 0.781. The van der Waals surface area contributed by atoms with Gasteiger partial charge in [0.2, 0.25) is 0 Å². The van der Waals surface area contributed by atoms with Crippen molar-refractivity contribution in [3.63, 3.8) is 0 Å². The number of aryl methyl sites for hydroxylation is 1. The number of thiophene rings is 1. The molecule has 1 aromatic carbocycles. The number of morpholine rings is 1. The molecule has 130 valence electrons. The summed E-state index contributed by atoms with van der Waals surface area (Å²) in [6.07, 6.45) is 0. The molecule has 1 N–H and O–H groups in total. The van der Waals surface area contributed by atoms with Gasteiger partial charge >= 0.3 is 0 Å². The van der Waals surface area contributed by atoms with Crippen LogP contribution in [0.3, 0.4) is 0 Å². The fourth-order valence-electron chi connectivity index (χ4n) is 3.03. The van der Waals surface area contributed by atoms with Gasteiger partial charge in [0.1, 0.15) is 5.82 Å². The van der Waals surface area contributed by atoms with Crippen molar-refractivity contribution in [2.75, 3.05) is 31.6 Å². The van der Waals surface area contributed by atoms with E-state index < -0.39 is 0 Å². The number of nitrogens with zero attached hydrogens (tertiary/aromatic N) is 3. The van der Waals surface area contributed by atoms with E-state index >= 15 is 0 Å². The molecule has 0 spiro atoms. The zero-order valence-corrected chi connectivity index (χ0v) is 14.9. The van der Waals surface area contributed by atoms with Gasteiger partial charge in [0.05, 0.1) is 35.7 Å². The van der Waals surface area contributed by atoms with Gasteiger partial charge < -0.3 is 14.6 Å². The smallest absolute Gasteiger partial charge is 0.265 e. The second-order valence-corrected chi connectivity index (χ2v) is 7.06. The molecule has 3 aromatic rings. The third kappa shape index (κ3) is 3.44. The summed E-state index contributed by atoms with van der Waals surface area (Å²) in [5, 5.41) is 4.84. The van der Waals surface area contributed by atoms with Crippen LogP contribution in [0.5, 0.6) is 0 Å². The average Bonchev–Trinajstić information content (AvgIpc) is 3.25. The minimum atomic E-state index is -0.0844. The largest absolute Gasteiger partial charge is 0.379 e. The van der Waals surface area contributed by atoms with Crippen molar-refractivity contribution >= 4 is 34.0 Å². The molecule has 0 aliphatic carbocycles. The highest BCUT2D eigenvalue weighted by molar-refractivity contribution is 7.12. The Bertz CT molecular complexity index is 882. The average molecular weight is 356 g/mol. The lowest BCUT2D eigenvalue weighted by molar-refractivity contribution is 0.0328. The molecular weight excluding hydrogens is 336 g/mol. The Hall–Kier alpha value is -2.22. The van der Waals surface area contributed by atoms with E-state index in [0.717, 1.165) is 55.4 Å². The number of imidazole rings is 1. The molecule has 3 heterocycles. The molecule has 1 amide bonds. The molecule has 0 radical (unpaired) electrons. The number of hydrogen-bond acceptors (Lipinski definition) is 5. The number of carbonyl (C=O) groups is 1. The molecule has 1 aliphatic heterocycles. The molecule has 4 rings (SSSR count). The number of nitrogens with one attached hydrogen (secondary N) is 1. The first kappa shape index (κ1) is 16.3. The third-order valence-electron chi connectivity index (χ3n) is 4.45. The van der Waals surface area contributed by atoms with Gasteiger partial charge in [-0.05, 0) is 29.6 Å². The van der Waals surface area contributed by atoms with Crippen LogP contribution in [0.4, 0.5) is 5.69 Å². The van der Waals surface area contributed by atoms with Crippen LogP contribution in [0, 0.1) is 0 Å². The lowest BCUT2D eigenvalue weighted by Gasteiger charge is -2.26. The van der Waals surface area contributed by atoms with Gasteiger partial charge in [-0.1, -0.05) is 6.07 Å². The van der Waals surface area contributed by atoms with E-state index in [9.17, 15) is 4.79 Å². The van der Waals surface area contributed by atoms with E-state index in [1.165, 1.54) is 11.3 Å².